The molecule has 0 N–H and O–H groups in total. The first kappa shape index (κ1) is 57.4. The van der Waals surface area contributed by atoms with Gasteiger partial charge >= 0.3 is 17.9 Å². The Labute approximate surface area is 368 Å². The summed E-state index contributed by atoms with van der Waals surface area (Å²) in [5.41, 5.74) is 0. The number of hydrogen-bond donors (Lipinski definition) is 0. The van der Waals surface area contributed by atoms with Gasteiger partial charge in [-0.15, -0.1) is 0 Å². The number of esters is 3. The van der Waals surface area contributed by atoms with E-state index in [2.05, 4.69) is 20.8 Å². The summed E-state index contributed by atoms with van der Waals surface area (Å²) in [5.74, 6) is -0.843. The van der Waals surface area contributed by atoms with E-state index in [0.717, 1.165) is 57.8 Å². The van der Waals surface area contributed by atoms with Crippen LogP contribution in [0.3, 0.4) is 0 Å². The maximum Gasteiger partial charge on any atom is 0.306 e. The SMILES string of the molecule is CCCCCCCCCCCCCCCCCCCCC(=O)OC[C@H](COC(=O)CCCCCCCCCCCCCCCC)OC(=O)CCCCCCCCCCC. The highest BCUT2D eigenvalue weighted by Gasteiger charge is 2.19. The maximum atomic E-state index is 12.7. The molecule has 0 heterocycles. The Morgan fingerprint density at radius 3 is 0.678 bits per heavy atom. The minimum absolute atomic E-state index is 0.0620. The van der Waals surface area contributed by atoms with Crippen LogP contribution in [0.2, 0.25) is 0 Å². The Hall–Kier alpha value is -1.59. The van der Waals surface area contributed by atoms with Gasteiger partial charge in [-0.05, 0) is 19.3 Å². The average Bonchev–Trinajstić information content (AvgIpc) is 3.23. The summed E-state index contributed by atoms with van der Waals surface area (Å²) in [6, 6.07) is 0. The van der Waals surface area contributed by atoms with E-state index in [-0.39, 0.29) is 31.1 Å². The predicted molar refractivity (Wildman–Crippen MR) is 252 cm³/mol. The molecule has 0 radical (unpaired) electrons. The molecule has 0 aliphatic heterocycles. The normalized spacial score (nSPS) is 11.8. The van der Waals surface area contributed by atoms with Gasteiger partial charge in [0.05, 0.1) is 0 Å². The molecule has 0 aromatic rings. The molecule has 1 atom stereocenters. The Morgan fingerprint density at radius 2 is 0.458 bits per heavy atom. The van der Waals surface area contributed by atoms with Crippen molar-refractivity contribution in [2.75, 3.05) is 13.2 Å². The van der Waals surface area contributed by atoms with Gasteiger partial charge in [-0.3, -0.25) is 14.4 Å². The lowest BCUT2D eigenvalue weighted by molar-refractivity contribution is -0.167. The number of carbonyl (C=O) groups excluding carboxylic acids is 3. The molecule has 0 saturated carbocycles. The van der Waals surface area contributed by atoms with Crippen LogP contribution in [0, 0.1) is 0 Å². The maximum absolute atomic E-state index is 12.7. The first-order chi connectivity index (χ1) is 29.0. The van der Waals surface area contributed by atoms with E-state index in [4.69, 9.17) is 14.2 Å². The van der Waals surface area contributed by atoms with Crippen LogP contribution in [0.4, 0.5) is 0 Å². The van der Waals surface area contributed by atoms with Gasteiger partial charge in [0.1, 0.15) is 13.2 Å². The van der Waals surface area contributed by atoms with Crippen molar-refractivity contribution in [1.82, 2.24) is 0 Å². The highest BCUT2D eigenvalue weighted by Crippen LogP contribution is 2.17. The van der Waals surface area contributed by atoms with Crippen molar-refractivity contribution in [2.24, 2.45) is 0 Å². The molecule has 6 nitrogen and oxygen atoms in total. The van der Waals surface area contributed by atoms with E-state index in [1.54, 1.807) is 0 Å². The zero-order valence-corrected chi connectivity index (χ0v) is 40.1. The molecule has 0 saturated heterocycles. The fourth-order valence-corrected chi connectivity index (χ4v) is 8.09. The molecule has 0 rings (SSSR count). The van der Waals surface area contributed by atoms with Crippen LogP contribution in [0.15, 0.2) is 0 Å². The molecular weight excluding hydrogens is 733 g/mol. The summed E-state index contributed by atoms with van der Waals surface area (Å²) < 4.78 is 16.8. The summed E-state index contributed by atoms with van der Waals surface area (Å²) in [4.78, 5) is 37.9. The molecule has 59 heavy (non-hydrogen) atoms. The van der Waals surface area contributed by atoms with Crippen LogP contribution in [0.1, 0.15) is 303 Å². The van der Waals surface area contributed by atoms with E-state index in [1.807, 2.05) is 0 Å². The van der Waals surface area contributed by atoms with Crippen molar-refractivity contribution in [3.05, 3.63) is 0 Å². The average molecular weight is 835 g/mol. The predicted octanol–water partition coefficient (Wildman–Crippen LogP) is 17.2. The molecule has 0 unspecified atom stereocenters. The molecule has 350 valence electrons. The van der Waals surface area contributed by atoms with Crippen LogP contribution < -0.4 is 0 Å². The number of unbranched alkanes of at least 4 members (excludes halogenated alkanes) is 38. The van der Waals surface area contributed by atoms with Gasteiger partial charge in [-0.25, -0.2) is 0 Å². The topological polar surface area (TPSA) is 78.9 Å². The van der Waals surface area contributed by atoms with Crippen LogP contribution in [0.5, 0.6) is 0 Å². The molecule has 0 aliphatic rings. The molecule has 0 aromatic heterocycles. The highest BCUT2D eigenvalue weighted by molar-refractivity contribution is 5.71. The zero-order valence-electron chi connectivity index (χ0n) is 40.1. The van der Waals surface area contributed by atoms with Gasteiger partial charge < -0.3 is 14.2 Å². The van der Waals surface area contributed by atoms with E-state index >= 15 is 0 Å². The third-order valence-corrected chi connectivity index (χ3v) is 12.1. The van der Waals surface area contributed by atoms with Crippen molar-refractivity contribution >= 4 is 17.9 Å². The molecule has 0 amide bonds. The molecule has 0 aliphatic carbocycles. The zero-order chi connectivity index (χ0) is 43.0. The van der Waals surface area contributed by atoms with E-state index in [0.29, 0.717) is 19.3 Å². The standard InChI is InChI=1S/C53H102O6/c1-4-7-10-13-16-19-21-23-25-26-27-28-30-32-35-37-40-43-46-52(55)58-49-50(59-53(56)47-44-41-38-33-18-15-12-9-6-3)48-57-51(54)45-42-39-36-34-31-29-24-22-20-17-14-11-8-5-2/h50H,4-49H2,1-3H3/t50-/m0/s1. The first-order valence-electron chi connectivity index (χ1n) is 26.5. The minimum Gasteiger partial charge on any atom is -0.462 e. The van der Waals surface area contributed by atoms with Crippen molar-refractivity contribution in [2.45, 2.75) is 309 Å². The smallest absolute Gasteiger partial charge is 0.306 e. The van der Waals surface area contributed by atoms with Crippen molar-refractivity contribution in [3.8, 4) is 0 Å². The fraction of sp³-hybridized carbons (Fsp3) is 0.943. The number of rotatable bonds is 49. The lowest BCUT2D eigenvalue weighted by atomic mass is 10.0. The third-order valence-electron chi connectivity index (χ3n) is 12.1. The van der Waals surface area contributed by atoms with E-state index in [9.17, 15) is 14.4 Å². The second kappa shape index (κ2) is 49.1. The van der Waals surface area contributed by atoms with E-state index in [1.165, 1.54) is 205 Å². The molecule has 6 heteroatoms. The Kier molecular flexibility index (Phi) is 47.7. The summed E-state index contributed by atoms with van der Waals surface area (Å²) in [7, 11) is 0. The van der Waals surface area contributed by atoms with Crippen molar-refractivity contribution < 1.29 is 28.6 Å². The largest absolute Gasteiger partial charge is 0.462 e. The van der Waals surface area contributed by atoms with Crippen LogP contribution in [-0.4, -0.2) is 37.2 Å². The van der Waals surface area contributed by atoms with Gasteiger partial charge in [0.2, 0.25) is 0 Å². The molecular formula is C53H102O6. The van der Waals surface area contributed by atoms with Crippen molar-refractivity contribution in [3.63, 3.8) is 0 Å². The van der Waals surface area contributed by atoms with E-state index < -0.39 is 6.10 Å². The van der Waals surface area contributed by atoms with Crippen LogP contribution in [0.25, 0.3) is 0 Å². The molecule has 0 fully saturated rings. The molecule has 0 aromatic carbocycles. The van der Waals surface area contributed by atoms with Crippen LogP contribution in [-0.2, 0) is 28.6 Å². The molecule has 0 bridgehead atoms. The monoisotopic (exact) mass is 835 g/mol. The van der Waals surface area contributed by atoms with Crippen molar-refractivity contribution in [1.29, 1.82) is 0 Å². The second-order valence-corrected chi connectivity index (χ2v) is 18.2. The number of ether oxygens (including phenoxy) is 3. The number of carbonyl (C=O) groups is 3. The highest BCUT2D eigenvalue weighted by atomic mass is 16.6. The third kappa shape index (κ3) is 47.3. The fourth-order valence-electron chi connectivity index (χ4n) is 8.09. The van der Waals surface area contributed by atoms with Gasteiger partial charge in [-0.2, -0.15) is 0 Å². The van der Waals surface area contributed by atoms with Gasteiger partial charge in [0, 0.05) is 19.3 Å². The summed E-state index contributed by atoms with van der Waals surface area (Å²) in [5, 5.41) is 0. The lowest BCUT2D eigenvalue weighted by Crippen LogP contribution is -2.30. The first-order valence-corrected chi connectivity index (χ1v) is 26.5. The number of hydrogen-bond acceptors (Lipinski definition) is 6. The van der Waals surface area contributed by atoms with Gasteiger partial charge in [0.15, 0.2) is 6.10 Å². The van der Waals surface area contributed by atoms with Gasteiger partial charge in [-0.1, -0.05) is 265 Å². The minimum atomic E-state index is -0.759. The second-order valence-electron chi connectivity index (χ2n) is 18.2. The summed E-state index contributed by atoms with van der Waals surface area (Å²) >= 11 is 0. The molecule has 0 spiro atoms. The van der Waals surface area contributed by atoms with Crippen LogP contribution >= 0.6 is 0 Å². The quantitative estimate of drug-likeness (QED) is 0.0345. The summed E-state index contributed by atoms with van der Waals surface area (Å²) in [6.45, 7) is 6.67. The lowest BCUT2D eigenvalue weighted by Gasteiger charge is -2.18. The summed E-state index contributed by atoms with van der Waals surface area (Å²) in [6.07, 6.45) is 52.3. The van der Waals surface area contributed by atoms with Gasteiger partial charge in [0.25, 0.3) is 0 Å². The Balaban J connectivity index is 4.20. The Bertz CT molecular complexity index is 874. The Morgan fingerprint density at radius 1 is 0.271 bits per heavy atom.